The van der Waals surface area contributed by atoms with Gasteiger partial charge in [-0.25, -0.2) is 9.97 Å². The largest absolute Gasteiger partial charge is 0.391 e. The first-order valence-corrected chi connectivity index (χ1v) is 5.67. The second-order valence-electron chi connectivity index (χ2n) is 4.30. The van der Waals surface area contributed by atoms with E-state index in [0.717, 1.165) is 25.7 Å². The smallest absolute Gasteiger partial charge is 0.171 e. The van der Waals surface area contributed by atoms with E-state index in [4.69, 9.17) is 5.73 Å². The highest BCUT2D eigenvalue weighted by molar-refractivity contribution is 5.57. The van der Waals surface area contributed by atoms with Crippen molar-refractivity contribution in [2.45, 2.75) is 37.8 Å². The normalized spacial score (nSPS) is 25.4. The highest BCUT2D eigenvalue weighted by atomic mass is 16.3. The summed E-state index contributed by atoms with van der Waals surface area (Å²) in [6.07, 6.45) is 6.98. The van der Waals surface area contributed by atoms with Crippen LogP contribution in [0.1, 0.15) is 25.7 Å². The molecule has 1 fully saturated rings. The summed E-state index contributed by atoms with van der Waals surface area (Å²) in [4.78, 5) is 10.2. The van der Waals surface area contributed by atoms with Gasteiger partial charge in [0, 0.05) is 19.4 Å². The number of aliphatic hydroxyl groups is 1. The van der Waals surface area contributed by atoms with E-state index < -0.39 is 0 Å². The summed E-state index contributed by atoms with van der Waals surface area (Å²) in [7, 11) is 1.92. The first-order valence-electron chi connectivity index (χ1n) is 5.67. The SMILES string of the molecule is CN(c1nccnc1N)C1CCCCC1O. The molecule has 16 heavy (non-hydrogen) atoms. The second kappa shape index (κ2) is 4.65. The number of rotatable bonds is 2. The molecule has 2 atom stereocenters. The minimum atomic E-state index is -0.292. The second-order valence-corrected chi connectivity index (χ2v) is 4.30. The van der Waals surface area contributed by atoms with Crippen LogP contribution in [0.25, 0.3) is 0 Å². The van der Waals surface area contributed by atoms with Gasteiger partial charge in [-0.15, -0.1) is 0 Å². The van der Waals surface area contributed by atoms with Crippen molar-refractivity contribution in [1.82, 2.24) is 9.97 Å². The zero-order chi connectivity index (χ0) is 11.5. The van der Waals surface area contributed by atoms with Crippen molar-refractivity contribution in [3.8, 4) is 0 Å². The molecule has 1 aliphatic rings. The summed E-state index contributed by atoms with van der Waals surface area (Å²) in [5.41, 5.74) is 5.78. The molecule has 1 aromatic heterocycles. The van der Waals surface area contributed by atoms with Gasteiger partial charge < -0.3 is 15.7 Å². The van der Waals surface area contributed by atoms with Gasteiger partial charge in [-0.05, 0) is 12.8 Å². The Hall–Kier alpha value is -1.36. The zero-order valence-electron chi connectivity index (χ0n) is 9.50. The minimum Gasteiger partial charge on any atom is -0.391 e. The Bertz CT molecular complexity index is 358. The third kappa shape index (κ3) is 2.09. The van der Waals surface area contributed by atoms with Gasteiger partial charge in [0.1, 0.15) is 0 Å². The Morgan fingerprint density at radius 3 is 2.69 bits per heavy atom. The first kappa shape index (κ1) is 11.1. The van der Waals surface area contributed by atoms with Gasteiger partial charge in [0.15, 0.2) is 11.6 Å². The molecule has 1 aromatic rings. The minimum absolute atomic E-state index is 0.104. The van der Waals surface area contributed by atoms with Crippen molar-refractivity contribution in [2.24, 2.45) is 0 Å². The van der Waals surface area contributed by atoms with E-state index in [9.17, 15) is 5.11 Å². The van der Waals surface area contributed by atoms with E-state index in [1.807, 2.05) is 11.9 Å². The molecular weight excluding hydrogens is 204 g/mol. The molecule has 0 spiro atoms. The topological polar surface area (TPSA) is 75.3 Å². The van der Waals surface area contributed by atoms with Gasteiger partial charge >= 0.3 is 0 Å². The van der Waals surface area contributed by atoms with E-state index in [1.54, 1.807) is 12.4 Å². The number of nitrogens with zero attached hydrogens (tertiary/aromatic N) is 3. The molecule has 0 aromatic carbocycles. The summed E-state index contributed by atoms with van der Waals surface area (Å²) in [6.45, 7) is 0. The monoisotopic (exact) mass is 222 g/mol. The fourth-order valence-corrected chi connectivity index (χ4v) is 2.31. The van der Waals surface area contributed by atoms with Crippen molar-refractivity contribution in [3.05, 3.63) is 12.4 Å². The molecule has 5 heteroatoms. The molecule has 0 radical (unpaired) electrons. The quantitative estimate of drug-likeness (QED) is 0.774. The number of hydrogen-bond acceptors (Lipinski definition) is 5. The number of hydrogen-bond donors (Lipinski definition) is 2. The zero-order valence-corrected chi connectivity index (χ0v) is 9.50. The van der Waals surface area contributed by atoms with Crippen molar-refractivity contribution >= 4 is 11.6 Å². The van der Waals surface area contributed by atoms with Gasteiger partial charge in [-0.3, -0.25) is 0 Å². The molecule has 1 heterocycles. The molecule has 0 aliphatic heterocycles. The summed E-state index contributed by atoms with van der Waals surface area (Å²) < 4.78 is 0. The summed E-state index contributed by atoms with van der Waals surface area (Å²) in [5.74, 6) is 1.08. The molecule has 0 saturated heterocycles. The predicted molar refractivity (Wildman–Crippen MR) is 63.1 cm³/mol. The molecule has 1 saturated carbocycles. The number of anilines is 2. The van der Waals surface area contributed by atoms with E-state index in [2.05, 4.69) is 9.97 Å². The number of aliphatic hydroxyl groups excluding tert-OH is 1. The van der Waals surface area contributed by atoms with Crippen molar-refractivity contribution in [1.29, 1.82) is 0 Å². The average Bonchev–Trinajstić information content (AvgIpc) is 2.29. The highest BCUT2D eigenvalue weighted by Gasteiger charge is 2.28. The van der Waals surface area contributed by atoms with Crippen molar-refractivity contribution < 1.29 is 5.11 Å². The summed E-state index contributed by atoms with van der Waals surface area (Å²) in [5, 5.41) is 9.96. The number of aromatic nitrogens is 2. The standard InChI is InChI=1S/C11H18N4O/c1-15(8-4-2-3-5-9(8)16)11-10(12)13-6-7-14-11/h6-9,16H,2-5H2,1H3,(H2,12,13). The lowest BCUT2D eigenvalue weighted by molar-refractivity contribution is 0.106. The summed E-state index contributed by atoms with van der Waals surface area (Å²) in [6, 6.07) is 0.104. The van der Waals surface area contributed by atoms with Crippen LogP contribution < -0.4 is 10.6 Å². The van der Waals surface area contributed by atoms with Crippen molar-refractivity contribution in [3.63, 3.8) is 0 Å². The van der Waals surface area contributed by atoms with E-state index in [0.29, 0.717) is 11.6 Å². The Kier molecular flexibility index (Phi) is 3.24. The van der Waals surface area contributed by atoms with Crippen LogP contribution in [0.3, 0.4) is 0 Å². The fourth-order valence-electron chi connectivity index (χ4n) is 2.31. The Morgan fingerprint density at radius 1 is 1.31 bits per heavy atom. The average molecular weight is 222 g/mol. The van der Waals surface area contributed by atoms with E-state index >= 15 is 0 Å². The molecule has 0 amide bonds. The van der Waals surface area contributed by atoms with Crippen LogP contribution in [-0.4, -0.2) is 34.3 Å². The lowest BCUT2D eigenvalue weighted by Crippen LogP contribution is -2.44. The third-order valence-electron chi connectivity index (χ3n) is 3.23. The van der Waals surface area contributed by atoms with Crippen LogP contribution in [0.2, 0.25) is 0 Å². The molecule has 2 unspecified atom stereocenters. The Labute approximate surface area is 95.3 Å². The number of likely N-dealkylation sites (N-methyl/N-ethyl adjacent to an activating group) is 1. The van der Waals surface area contributed by atoms with Crippen LogP contribution in [-0.2, 0) is 0 Å². The first-order chi connectivity index (χ1) is 7.70. The Morgan fingerprint density at radius 2 is 2.00 bits per heavy atom. The van der Waals surface area contributed by atoms with E-state index in [-0.39, 0.29) is 12.1 Å². The van der Waals surface area contributed by atoms with Crippen molar-refractivity contribution in [2.75, 3.05) is 17.7 Å². The fraction of sp³-hybridized carbons (Fsp3) is 0.636. The third-order valence-corrected chi connectivity index (χ3v) is 3.23. The van der Waals surface area contributed by atoms with Gasteiger partial charge in [0.2, 0.25) is 0 Å². The predicted octanol–water partition coefficient (Wildman–Crippen LogP) is 0.798. The maximum atomic E-state index is 9.96. The van der Waals surface area contributed by atoms with Gasteiger partial charge in [0.05, 0.1) is 12.1 Å². The molecule has 1 aliphatic carbocycles. The van der Waals surface area contributed by atoms with Crippen LogP contribution in [0, 0.1) is 0 Å². The van der Waals surface area contributed by atoms with Gasteiger partial charge in [-0.2, -0.15) is 0 Å². The van der Waals surface area contributed by atoms with Crippen LogP contribution in [0.15, 0.2) is 12.4 Å². The highest BCUT2D eigenvalue weighted by Crippen LogP contribution is 2.27. The van der Waals surface area contributed by atoms with Crippen LogP contribution >= 0.6 is 0 Å². The number of nitrogens with two attached hydrogens (primary N) is 1. The maximum absolute atomic E-state index is 9.96. The lowest BCUT2D eigenvalue weighted by atomic mass is 9.91. The molecule has 3 N–H and O–H groups in total. The molecule has 88 valence electrons. The van der Waals surface area contributed by atoms with Gasteiger partial charge in [0.25, 0.3) is 0 Å². The van der Waals surface area contributed by atoms with Gasteiger partial charge in [-0.1, -0.05) is 12.8 Å². The maximum Gasteiger partial charge on any atom is 0.171 e. The lowest BCUT2D eigenvalue weighted by Gasteiger charge is -2.35. The van der Waals surface area contributed by atoms with Crippen LogP contribution in [0.4, 0.5) is 11.6 Å². The summed E-state index contributed by atoms with van der Waals surface area (Å²) >= 11 is 0. The molecule has 0 bridgehead atoms. The molecule has 5 nitrogen and oxygen atoms in total. The Balaban J connectivity index is 2.17. The number of nitrogen functional groups attached to an aromatic ring is 1. The molecular formula is C11H18N4O. The molecule has 2 rings (SSSR count). The van der Waals surface area contributed by atoms with E-state index in [1.165, 1.54) is 0 Å². The van der Waals surface area contributed by atoms with Crippen LogP contribution in [0.5, 0.6) is 0 Å².